The smallest absolute Gasteiger partial charge is 0.137 e. The molecule has 1 unspecified atom stereocenters. The Labute approximate surface area is 105 Å². The summed E-state index contributed by atoms with van der Waals surface area (Å²) in [5, 5.41) is 12.5. The first kappa shape index (κ1) is 16.4. The van der Waals surface area contributed by atoms with E-state index in [9.17, 15) is 5.11 Å². The number of nitrogens with one attached hydrogen (secondary N) is 1. The lowest BCUT2D eigenvalue weighted by molar-refractivity contribution is 0.0623. The fourth-order valence-electron chi connectivity index (χ4n) is 1.22. The molecule has 0 aliphatic heterocycles. The molecule has 100 valence electrons. The van der Waals surface area contributed by atoms with Crippen LogP contribution in [0, 0.1) is 11.8 Å². The van der Waals surface area contributed by atoms with Gasteiger partial charge < -0.3 is 19.9 Å². The standard InChI is InChI=1S/C13H25NO3/c1-3-6-13(15)12-17-10-5-7-14-8-11-16-9-4-2/h13-15H,4-5,7-12H2,1-2H3. The minimum Gasteiger partial charge on any atom is -0.380 e. The third kappa shape index (κ3) is 13.3. The van der Waals surface area contributed by atoms with Gasteiger partial charge >= 0.3 is 0 Å². The van der Waals surface area contributed by atoms with Crippen LogP contribution in [0.3, 0.4) is 0 Å². The van der Waals surface area contributed by atoms with Gasteiger partial charge in [-0.05, 0) is 26.3 Å². The Balaban J connectivity index is 3.05. The van der Waals surface area contributed by atoms with Gasteiger partial charge in [0.25, 0.3) is 0 Å². The molecule has 0 bridgehead atoms. The maximum atomic E-state index is 9.24. The first-order valence-electron chi connectivity index (χ1n) is 6.27. The molecular weight excluding hydrogens is 218 g/mol. The van der Waals surface area contributed by atoms with Crippen LogP contribution in [0.4, 0.5) is 0 Å². The molecule has 0 saturated carbocycles. The Morgan fingerprint density at radius 1 is 1.18 bits per heavy atom. The fourth-order valence-corrected chi connectivity index (χ4v) is 1.22. The van der Waals surface area contributed by atoms with E-state index in [0.29, 0.717) is 13.2 Å². The maximum absolute atomic E-state index is 9.24. The Hall–Kier alpha value is -0.600. The molecule has 4 nitrogen and oxygen atoms in total. The van der Waals surface area contributed by atoms with Crippen molar-refractivity contribution < 1.29 is 14.6 Å². The molecule has 0 amide bonds. The van der Waals surface area contributed by atoms with E-state index in [1.807, 2.05) is 0 Å². The minimum atomic E-state index is -0.657. The van der Waals surface area contributed by atoms with Crippen LogP contribution in [0.25, 0.3) is 0 Å². The van der Waals surface area contributed by atoms with E-state index in [1.54, 1.807) is 6.92 Å². The molecule has 0 aromatic rings. The van der Waals surface area contributed by atoms with Crippen LogP contribution < -0.4 is 5.32 Å². The van der Waals surface area contributed by atoms with Crippen LogP contribution in [0.5, 0.6) is 0 Å². The zero-order valence-electron chi connectivity index (χ0n) is 11.0. The van der Waals surface area contributed by atoms with Crippen LogP contribution >= 0.6 is 0 Å². The van der Waals surface area contributed by atoms with Crippen molar-refractivity contribution in [3.05, 3.63) is 0 Å². The normalized spacial score (nSPS) is 11.9. The average molecular weight is 243 g/mol. The second-order valence-corrected chi connectivity index (χ2v) is 3.70. The first-order chi connectivity index (χ1) is 8.31. The zero-order valence-corrected chi connectivity index (χ0v) is 11.0. The van der Waals surface area contributed by atoms with Crippen molar-refractivity contribution in [3.8, 4) is 11.8 Å². The Morgan fingerprint density at radius 2 is 2.00 bits per heavy atom. The SMILES string of the molecule is CC#CC(O)COCCCNCCOCCC. The third-order valence-corrected chi connectivity index (χ3v) is 2.00. The molecule has 0 aromatic heterocycles. The molecule has 0 aliphatic rings. The van der Waals surface area contributed by atoms with E-state index in [2.05, 4.69) is 24.1 Å². The summed E-state index contributed by atoms with van der Waals surface area (Å²) in [5.74, 6) is 5.27. The molecule has 17 heavy (non-hydrogen) atoms. The van der Waals surface area contributed by atoms with Crippen molar-refractivity contribution in [2.45, 2.75) is 32.8 Å². The molecule has 4 heteroatoms. The van der Waals surface area contributed by atoms with Crippen molar-refractivity contribution in [2.75, 3.05) is 39.5 Å². The van der Waals surface area contributed by atoms with Crippen LogP contribution in [0.2, 0.25) is 0 Å². The maximum Gasteiger partial charge on any atom is 0.137 e. The van der Waals surface area contributed by atoms with E-state index in [0.717, 1.165) is 39.1 Å². The summed E-state index contributed by atoms with van der Waals surface area (Å²) in [5.41, 5.74) is 0. The monoisotopic (exact) mass is 243 g/mol. The lowest BCUT2D eigenvalue weighted by Gasteiger charge is -2.07. The highest BCUT2D eigenvalue weighted by Crippen LogP contribution is 1.86. The number of aliphatic hydroxyl groups excluding tert-OH is 1. The van der Waals surface area contributed by atoms with Gasteiger partial charge in [0.15, 0.2) is 0 Å². The minimum absolute atomic E-state index is 0.292. The van der Waals surface area contributed by atoms with Crippen molar-refractivity contribution in [1.82, 2.24) is 5.32 Å². The molecule has 1 atom stereocenters. The number of aliphatic hydroxyl groups is 1. The molecule has 2 N–H and O–H groups in total. The number of rotatable bonds is 11. The van der Waals surface area contributed by atoms with Crippen molar-refractivity contribution in [1.29, 1.82) is 0 Å². The quantitative estimate of drug-likeness (QED) is 0.416. The van der Waals surface area contributed by atoms with Gasteiger partial charge in [0, 0.05) is 19.8 Å². The molecule has 0 spiro atoms. The lowest BCUT2D eigenvalue weighted by atomic mass is 10.4. The van der Waals surface area contributed by atoms with E-state index in [1.165, 1.54) is 0 Å². The Bertz CT molecular complexity index is 210. The summed E-state index contributed by atoms with van der Waals surface area (Å²) < 4.78 is 10.6. The van der Waals surface area contributed by atoms with Gasteiger partial charge in [-0.25, -0.2) is 0 Å². The van der Waals surface area contributed by atoms with Crippen molar-refractivity contribution >= 4 is 0 Å². The van der Waals surface area contributed by atoms with Gasteiger partial charge in [-0.3, -0.25) is 0 Å². The number of hydrogen-bond donors (Lipinski definition) is 2. The summed E-state index contributed by atoms with van der Waals surface area (Å²) in [6.07, 6.45) is 1.34. The van der Waals surface area contributed by atoms with E-state index in [4.69, 9.17) is 9.47 Å². The molecule has 0 aliphatic carbocycles. The largest absolute Gasteiger partial charge is 0.380 e. The second-order valence-electron chi connectivity index (χ2n) is 3.70. The summed E-state index contributed by atoms with van der Waals surface area (Å²) in [6, 6.07) is 0. The topological polar surface area (TPSA) is 50.7 Å². The second kappa shape index (κ2) is 13.5. The molecule has 0 heterocycles. The number of ether oxygens (including phenoxy) is 2. The highest BCUT2D eigenvalue weighted by molar-refractivity contribution is 5.01. The van der Waals surface area contributed by atoms with Crippen LogP contribution in [0.1, 0.15) is 26.7 Å². The van der Waals surface area contributed by atoms with Crippen LogP contribution in [-0.4, -0.2) is 50.7 Å². The zero-order chi connectivity index (χ0) is 12.8. The molecule has 0 saturated heterocycles. The molecule has 0 fully saturated rings. The van der Waals surface area contributed by atoms with E-state index in [-0.39, 0.29) is 0 Å². The molecule has 0 radical (unpaired) electrons. The highest BCUT2D eigenvalue weighted by Gasteiger charge is 1.97. The van der Waals surface area contributed by atoms with Gasteiger partial charge in [0.05, 0.1) is 13.2 Å². The predicted octanol–water partition coefficient (Wildman–Crippen LogP) is 0.793. The van der Waals surface area contributed by atoms with Gasteiger partial charge in [-0.1, -0.05) is 12.8 Å². The third-order valence-electron chi connectivity index (χ3n) is 2.00. The molecular formula is C13H25NO3. The van der Waals surface area contributed by atoms with Gasteiger partial charge in [-0.15, -0.1) is 5.92 Å². The fraction of sp³-hybridized carbons (Fsp3) is 0.846. The van der Waals surface area contributed by atoms with Crippen LogP contribution in [-0.2, 0) is 9.47 Å². The average Bonchev–Trinajstić information content (AvgIpc) is 2.32. The van der Waals surface area contributed by atoms with E-state index < -0.39 is 6.10 Å². The highest BCUT2D eigenvalue weighted by atomic mass is 16.5. The molecule has 0 rings (SSSR count). The van der Waals surface area contributed by atoms with Gasteiger partial charge in [-0.2, -0.15) is 0 Å². The molecule has 0 aromatic carbocycles. The Kier molecular flexibility index (Phi) is 13.0. The summed E-state index contributed by atoms with van der Waals surface area (Å²) in [4.78, 5) is 0. The first-order valence-corrected chi connectivity index (χ1v) is 6.27. The van der Waals surface area contributed by atoms with Crippen LogP contribution in [0.15, 0.2) is 0 Å². The number of hydrogen-bond acceptors (Lipinski definition) is 4. The predicted molar refractivity (Wildman–Crippen MR) is 68.9 cm³/mol. The van der Waals surface area contributed by atoms with Gasteiger partial charge in [0.2, 0.25) is 0 Å². The summed E-state index contributed by atoms with van der Waals surface area (Å²) in [6.45, 7) is 8.12. The summed E-state index contributed by atoms with van der Waals surface area (Å²) >= 11 is 0. The van der Waals surface area contributed by atoms with Crippen molar-refractivity contribution in [3.63, 3.8) is 0 Å². The van der Waals surface area contributed by atoms with E-state index >= 15 is 0 Å². The lowest BCUT2D eigenvalue weighted by Crippen LogP contribution is -2.22. The van der Waals surface area contributed by atoms with Crippen molar-refractivity contribution in [2.24, 2.45) is 0 Å². The summed E-state index contributed by atoms with van der Waals surface area (Å²) in [7, 11) is 0. The Morgan fingerprint density at radius 3 is 2.71 bits per heavy atom. The van der Waals surface area contributed by atoms with Gasteiger partial charge in [0.1, 0.15) is 6.10 Å².